The Morgan fingerprint density at radius 3 is 2.95 bits per heavy atom. The summed E-state index contributed by atoms with van der Waals surface area (Å²) in [5, 5.41) is 11.5. The van der Waals surface area contributed by atoms with Crippen molar-refractivity contribution in [3.8, 4) is 0 Å². The molecule has 0 bridgehead atoms. The molecule has 124 valence electrons. The fraction of sp³-hybridized carbons (Fsp3) is 0.857. The standard InChI is InChI=1S/C14H24N4O4/c1-2-3-4-15-8-13(18(19)20)14-16(5-6-17(14)10-15)7-12-9-21-11-22-12/h12H,2-11H2,1H3. The first-order chi connectivity index (χ1) is 10.7. The molecule has 0 aromatic heterocycles. The van der Waals surface area contributed by atoms with Gasteiger partial charge in [0.2, 0.25) is 0 Å². The van der Waals surface area contributed by atoms with Crippen LogP contribution >= 0.6 is 0 Å². The Morgan fingerprint density at radius 2 is 2.27 bits per heavy atom. The molecule has 0 N–H and O–H groups in total. The van der Waals surface area contributed by atoms with Gasteiger partial charge in [0.25, 0.3) is 5.70 Å². The van der Waals surface area contributed by atoms with Crippen molar-refractivity contribution < 1.29 is 14.4 Å². The van der Waals surface area contributed by atoms with Gasteiger partial charge in [0.05, 0.1) is 24.7 Å². The van der Waals surface area contributed by atoms with Gasteiger partial charge < -0.3 is 19.3 Å². The summed E-state index contributed by atoms with van der Waals surface area (Å²) in [6.45, 7) is 7.48. The Labute approximate surface area is 130 Å². The highest BCUT2D eigenvalue weighted by molar-refractivity contribution is 5.15. The van der Waals surface area contributed by atoms with Crippen LogP contribution < -0.4 is 0 Å². The number of fused-ring (bicyclic) bond motifs is 1. The van der Waals surface area contributed by atoms with Crippen LogP contribution in [0.15, 0.2) is 11.5 Å². The fourth-order valence-corrected chi connectivity index (χ4v) is 3.30. The second kappa shape index (κ2) is 6.80. The molecule has 0 spiro atoms. The van der Waals surface area contributed by atoms with Crippen molar-refractivity contribution in [2.45, 2.75) is 25.9 Å². The van der Waals surface area contributed by atoms with E-state index < -0.39 is 0 Å². The first-order valence-corrected chi connectivity index (χ1v) is 7.98. The number of hydrogen-bond acceptors (Lipinski definition) is 7. The number of hydrogen-bond donors (Lipinski definition) is 0. The van der Waals surface area contributed by atoms with E-state index in [0.717, 1.165) is 45.0 Å². The third-order valence-electron chi connectivity index (χ3n) is 4.40. The molecule has 0 aromatic carbocycles. The van der Waals surface area contributed by atoms with Crippen LogP contribution in [-0.4, -0.2) is 78.5 Å². The van der Waals surface area contributed by atoms with E-state index in [2.05, 4.69) is 21.6 Å². The maximum Gasteiger partial charge on any atom is 0.300 e. The fourth-order valence-electron chi connectivity index (χ4n) is 3.30. The number of rotatable bonds is 6. The monoisotopic (exact) mass is 312 g/mol. The van der Waals surface area contributed by atoms with Gasteiger partial charge in [-0.25, -0.2) is 0 Å². The molecule has 3 heterocycles. The van der Waals surface area contributed by atoms with E-state index in [1.54, 1.807) is 0 Å². The molecule has 3 aliphatic rings. The largest absolute Gasteiger partial charge is 0.353 e. The minimum atomic E-state index is -0.217. The van der Waals surface area contributed by atoms with Gasteiger partial charge >= 0.3 is 0 Å². The van der Waals surface area contributed by atoms with Gasteiger partial charge in [0.1, 0.15) is 12.9 Å². The average Bonchev–Trinajstić information content (AvgIpc) is 3.15. The molecule has 22 heavy (non-hydrogen) atoms. The van der Waals surface area contributed by atoms with E-state index in [-0.39, 0.29) is 11.0 Å². The minimum Gasteiger partial charge on any atom is -0.353 e. The van der Waals surface area contributed by atoms with Crippen molar-refractivity contribution in [1.29, 1.82) is 0 Å². The quantitative estimate of drug-likeness (QED) is 0.522. The molecule has 3 rings (SSSR count). The van der Waals surface area contributed by atoms with Crippen LogP contribution in [0.1, 0.15) is 19.8 Å². The van der Waals surface area contributed by atoms with Crippen molar-refractivity contribution in [2.75, 3.05) is 52.8 Å². The lowest BCUT2D eigenvalue weighted by Gasteiger charge is -2.35. The lowest BCUT2D eigenvalue weighted by atomic mass is 10.2. The van der Waals surface area contributed by atoms with Crippen molar-refractivity contribution in [3.05, 3.63) is 21.6 Å². The highest BCUT2D eigenvalue weighted by Gasteiger charge is 2.40. The molecule has 8 nitrogen and oxygen atoms in total. The van der Waals surface area contributed by atoms with E-state index in [1.165, 1.54) is 0 Å². The Balaban J connectivity index is 1.74. The summed E-state index contributed by atoms with van der Waals surface area (Å²) in [6, 6.07) is 0. The second-order valence-corrected chi connectivity index (χ2v) is 6.06. The molecule has 0 aliphatic carbocycles. The summed E-state index contributed by atoms with van der Waals surface area (Å²) in [5.41, 5.74) is 0.318. The van der Waals surface area contributed by atoms with Crippen molar-refractivity contribution in [3.63, 3.8) is 0 Å². The van der Waals surface area contributed by atoms with Crippen LogP contribution in [0, 0.1) is 10.1 Å². The lowest BCUT2D eigenvalue weighted by molar-refractivity contribution is -0.433. The lowest BCUT2D eigenvalue weighted by Crippen LogP contribution is -2.46. The molecule has 3 aliphatic heterocycles. The van der Waals surface area contributed by atoms with Crippen molar-refractivity contribution in [1.82, 2.24) is 14.7 Å². The van der Waals surface area contributed by atoms with E-state index in [4.69, 9.17) is 9.47 Å². The molecule has 0 radical (unpaired) electrons. The third-order valence-corrected chi connectivity index (χ3v) is 4.40. The predicted molar refractivity (Wildman–Crippen MR) is 79.3 cm³/mol. The normalized spacial score (nSPS) is 26.0. The molecule has 2 saturated heterocycles. The second-order valence-electron chi connectivity index (χ2n) is 6.06. The number of nitro groups is 1. The van der Waals surface area contributed by atoms with Crippen LogP contribution in [0.2, 0.25) is 0 Å². The van der Waals surface area contributed by atoms with Gasteiger partial charge in [-0.2, -0.15) is 0 Å². The van der Waals surface area contributed by atoms with Crippen molar-refractivity contribution >= 4 is 0 Å². The third kappa shape index (κ3) is 3.18. The van der Waals surface area contributed by atoms with Crippen molar-refractivity contribution in [2.24, 2.45) is 0 Å². The summed E-state index contributed by atoms with van der Waals surface area (Å²) in [7, 11) is 0. The number of ether oxygens (including phenoxy) is 2. The Bertz CT molecular complexity index is 450. The van der Waals surface area contributed by atoms with Gasteiger partial charge in [0, 0.05) is 26.2 Å². The van der Waals surface area contributed by atoms with Crippen LogP contribution in [0.3, 0.4) is 0 Å². The summed E-state index contributed by atoms with van der Waals surface area (Å²) in [4.78, 5) is 17.7. The Morgan fingerprint density at radius 1 is 1.41 bits per heavy atom. The SMILES string of the molecule is CCCCN1CC([N+](=O)[O-])=C2N(CC3COCO3)CCN2C1. The first kappa shape index (κ1) is 15.5. The zero-order valence-corrected chi connectivity index (χ0v) is 13.1. The maximum absolute atomic E-state index is 11.5. The average molecular weight is 312 g/mol. The van der Waals surface area contributed by atoms with Crippen LogP contribution in [0.5, 0.6) is 0 Å². The molecule has 8 heteroatoms. The first-order valence-electron chi connectivity index (χ1n) is 7.98. The molecule has 0 saturated carbocycles. The van der Waals surface area contributed by atoms with Crippen LogP contribution in [-0.2, 0) is 9.47 Å². The highest BCUT2D eigenvalue weighted by Crippen LogP contribution is 2.28. The molecular formula is C14H24N4O4. The summed E-state index contributed by atoms with van der Waals surface area (Å²) in [5.74, 6) is 0.785. The molecule has 1 unspecified atom stereocenters. The van der Waals surface area contributed by atoms with Gasteiger partial charge in [-0.15, -0.1) is 0 Å². The summed E-state index contributed by atoms with van der Waals surface area (Å²) < 4.78 is 10.7. The molecule has 0 aromatic rings. The van der Waals surface area contributed by atoms with Crippen LogP contribution in [0.25, 0.3) is 0 Å². The summed E-state index contributed by atoms with van der Waals surface area (Å²) in [6.07, 6.45) is 2.19. The number of nitrogens with zero attached hydrogens (tertiary/aromatic N) is 4. The molecule has 2 fully saturated rings. The minimum absolute atomic E-state index is 0.0126. The smallest absolute Gasteiger partial charge is 0.300 e. The number of unbranched alkanes of at least 4 members (excludes halogenated alkanes) is 1. The topological polar surface area (TPSA) is 71.3 Å². The van der Waals surface area contributed by atoms with Gasteiger partial charge in [0.15, 0.2) is 5.82 Å². The van der Waals surface area contributed by atoms with E-state index in [1.807, 2.05) is 0 Å². The van der Waals surface area contributed by atoms with Gasteiger partial charge in [-0.05, 0) is 6.42 Å². The molecular weight excluding hydrogens is 288 g/mol. The summed E-state index contributed by atoms with van der Waals surface area (Å²) >= 11 is 0. The zero-order valence-electron chi connectivity index (χ0n) is 13.1. The zero-order chi connectivity index (χ0) is 15.5. The van der Waals surface area contributed by atoms with E-state index in [0.29, 0.717) is 32.2 Å². The van der Waals surface area contributed by atoms with Gasteiger partial charge in [-0.3, -0.25) is 15.0 Å². The Kier molecular flexibility index (Phi) is 4.80. The van der Waals surface area contributed by atoms with Crippen LogP contribution in [0.4, 0.5) is 0 Å². The maximum atomic E-state index is 11.5. The van der Waals surface area contributed by atoms with E-state index in [9.17, 15) is 10.1 Å². The predicted octanol–water partition coefficient (Wildman–Crippen LogP) is 0.496. The van der Waals surface area contributed by atoms with E-state index >= 15 is 0 Å². The molecule has 0 amide bonds. The highest BCUT2D eigenvalue weighted by atomic mass is 16.7. The Hall–Kier alpha value is -1.38. The molecule has 1 atom stereocenters. The van der Waals surface area contributed by atoms with Gasteiger partial charge in [-0.1, -0.05) is 13.3 Å².